The molecule has 1 heterocycles. The number of nitrogens with zero attached hydrogens (tertiary/aromatic N) is 1. The normalized spacial score (nSPS) is 18.3. The van der Waals surface area contributed by atoms with Gasteiger partial charge in [0.2, 0.25) is 0 Å². The third-order valence-corrected chi connectivity index (χ3v) is 4.25. The van der Waals surface area contributed by atoms with Gasteiger partial charge < -0.3 is 14.7 Å². The Kier molecular flexibility index (Phi) is 4.71. The van der Waals surface area contributed by atoms with Gasteiger partial charge in [-0.15, -0.1) is 0 Å². The summed E-state index contributed by atoms with van der Waals surface area (Å²) in [5, 5.41) is 11.1. The summed E-state index contributed by atoms with van der Waals surface area (Å²) in [5.41, 5.74) is -0.783. The summed E-state index contributed by atoms with van der Waals surface area (Å²) in [7, 11) is 0. The van der Waals surface area contributed by atoms with E-state index < -0.39 is 11.7 Å². The number of hydrogen-bond donors (Lipinski definition) is 1. The fraction of sp³-hybridized carbons (Fsp3) is 0.533. The summed E-state index contributed by atoms with van der Waals surface area (Å²) in [6.07, 6.45) is -0.656. The zero-order chi connectivity index (χ0) is 15.8. The van der Waals surface area contributed by atoms with Crippen LogP contribution in [0.25, 0.3) is 0 Å². The minimum Gasteiger partial charge on any atom is -0.481 e. The first-order valence-corrected chi connectivity index (χ1v) is 7.61. The molecule has 1 N–H and O–H groups in total. The summed E-state index contributed by atoms with van der Waals surface area (Å²) >= 11 is 11.8. The van der Waals surface area contributed by atoms with Crippen LogP contribution in [-0.2, 0) is 4.79 Å². The average molecular weight is 332 g/mol. The second kappa shape index (κ2) is 6.03. The van der Waals surface area contributed by atoms with Crippen LogP contribution in [0.4, 0.5) is 0 Å². The van der Waals surface area contributed by atoms with E-state index in [1.807, 2.05) is 13.8 Å². The highest BCUT2D eigenvalue weighted by atomic mass is 35.5. The predicted molar refractivity (Wildman–Crippen MR) is 82.9 cm³/mol. The van der Waals surface area contributed by atoms with Crippen molar-refractivity contribution in [2.45, 2.75) is 32.5 Å². The Labute approximate surface area is 134 Å². The molecule has 0 aromatic heterocycles. The zero-order valence-corrected chi connectivity index (χ0v) is 13.8. The number of ether oxygens (including phenoxy) is 1. The molecular weight excluding hydrogens is 313 g/mol. The molecule has 116 valence electrons. The largest absolute Gasteiger partial charge is 0.481 e. The second-order valence-corrected chi connectivity index (χ2v) is 6.69. The summed E-state index contributed by atoms with van der Waals surface area (Å²) in [5.74, 6) is 0.411. The van der Waals surface area contributed by atoms with E-state index in [0.29, 0.717) is 28.9 Å². The number of amides is 1. The Bertz CT molecular complexity index is 521. The molecule has 1 atom stereocenters. The van der Waals surface area contributed by atoms with Gasteiger partial charge >= 0.3 is 0 Å². The molecule has 0 bridgehead atoms. The van der Waals surface area contributed by atoms with Crippen LogP contribution >= 0.6 is 23.2 Å². The number of β-amino-alcohol motifs (C(OH)–C–C–N with tert-alkyl or cyclic N) is 1. The van der Waals surface area contributed by atoms with Crippen molar-refractivity contribution < 1.29 is 14.6 Å². The molecule has 0 saturated carbocycles. The highest BCUT2D eigenvalue weighted by Crippen LogP contribution is 2.30. The second-order valence-electron chi connectivity index (χ2n) is 5.82. The third kappa shape index (κ3) is 3.62. The van der Waals surface area contributed by atoms with Crippen LogP contribution in [0.5, 0.6) is 5.75 Å². The van der Waals surface area contributed by atoms with Gasteiger partial charge in [0.15, 0.2) is 6.10 Å². The molecule has 0 spiro atoms. The average Bonchev–Trinajstić information content (AvgIpc) is 2.32. The summed E-state index contributed by atoms with van der Waals surface area (Å²) in [6.45, 7) is 6.23. The molecular formula is C15H19Cl2NO3. The lowest BCUT2D eigenvalue weighted by molar-refractivity contribution is -0.169. The van der Waals surface area contributed by atoms with E-state index >= 15 is 0 Å². The molecule has 1 aliphatic rings. The number of aliphatic hydroxyl groups is 1. The highest BCUT2D eigenvalue weighted by Gasteiger charge is 2.46. The number of likely N-dealkylation sites (tertiary alicyclic amines) is 1. The van der Waals surface area contributed by atoms with Crippen LogP contribution in [0.3, 0.4) is 0 Å². The van der Waals surface area contributed by atoms with Crippen LogP contribution in [0, 0.1) is 5.92 Å². The van der Waals surface area contributed by atoms with Crippen molar-refractivity contribution in [1.82, 2.24) is 4.90 Å². The van der Waals surface area contributed by atoms with E-state index in [2.05, 4.69) is 0 Å². The van der Waals surface area contributed by atoms with E-state index in [4.69, 9.17) is 27.9 Å². The van der Waals surface area contributed by atoms with E-state index in [9.17, 15) is 9.90 Å². The van der Waals surface area contributed by atoms with Crippen molar-refractivity contribution in [2.24, 2.45) is 5.92 Å². The molecule has 1 saturated heterocycles. The molecule has 1 amide bonds. The first-order chi connectivity index (χ1) is 9.71. The Balaban J connectivity index is 1.95. The number of carbonyl (C=O) groups is 1. The van der Waals surface area contributed by atoms with E-state index in [1.165, 1.54) is 0 Å². The quantitative estimate of drug-likeness (QED) is 0.922. The molecule has 4 nitrogen and oxygen atoms in total. The monoisotopic (exact) mass is 331 g/mol. The minimum atomic E-state index is -0.783. The maximum atomic E-state index is 12.2. The van der Waals surface area contributed by atoms with Crippen molar-refractivity contribution in [3.63, 3.8) is 0 Å². The fourth-order valence-corrected chi connectivity index (χ4v) is 2.75. The predicted octanol–water partition coefficient (Wildman–Crippen LogP) is 2.99. The van der Waals surface area contributed by atoms with Gasteiger partial charge in [0.25, 0.3) is 5.91 Å². The van der Waals surface area contributed by atoms with E-state index in [-0.39, 0.29) is 11.8 Å². The van der Waals surface area contributed by atoms with Gasteiger partial charge in [-0.1, -0.05) is 37.0 Å². The van der Waals surface area contributed by atoms with Gasteiger partial charge in [0, 0.05) is 10.0 Å². The van der Waals surface area contributed by atoms with Gasteiger partial charge in [0.1, 0.15) is 11.4 Å². The summed E-state index contributed by atoms with van der Waals surface area (Å²) in [4.78, 5) is 13.8. The number of halogens is 2. The van der Waals surface area contributed by atoms with E-state index in [0.717, 1.165) is 0 Å². The molecule has 1 aliphatic heterocycles. The minimum absolute atomic E-state index is 0.115. The summed E-state index contributed by atoms with van der Waals surface area (Å²) < 4.78 is 5.58. The van der Waals surface area contributed by atoms with Crippen molar-refractivity contribution in [2.75, 3.05) is 13.1 Å². The maximum Gasteiger partial charge on any atom is 0.263 e. The standard InChI is InChI=1S/C15H19Cl2NO3/c1-9(2)15(20)7-18(8-15)14(19)10(3)21-13-5-11(16)4-12(17)6-13/h4-6,9-10,20H,7-8H2,1-3H3. The maximum absolute atomic E-state index is 12.2. The molecule has 1 aromatic rings. The molecule has 1 aromatic carbocycles. The van der Waals surface area contributed by atoms with Crippen LogP contribution in [0.1, 0.15) is 20.8 Å². The van der Waals surface area contributed by atoms with Crippen molar-refractivity contribution in [3.05, 3.63) is 28.2 Å². The van der Waals surface area contributed by atoms with Crippen LogP contribution in [0.15, 0.2) is 18.2 Å². The molecule has 0 radical (unpaired) electrons. The van der Waals surface area contributed by atoms with E-state index in [1.54, 1.807) is 30.0 Å². The molecule has 1 fully saturated rings. The Morgan fingerprint density at radius 2 is 1.76 bits per heavy atom. The zero-order valence-electron chi connectivity index (χ0n) is 12.3. The lowest BCUT2D eigenvalue weighted by Crippen LogP contribution is -2.67. The van der Waals surface area contributed by atoms with Gasteiger partial charge in [0.05, 0.1) is 13.1 Å². The summed E-state index contributed by atoms with van der Waals surface area (Å²) in [6, 6.07) is 4.82. The lowest BCUT2D eigenvalue weighted by atomic mass is 9.83. The smallest absolute Gasteiger partial charge is 0.263 e. The Morgan fingerprint density at radius 3 is 2.24 bits per heavy atom. The molecule has 6 heteroatoms. The molecule has 0 aliphatic carbocycles. The first-order valence-electron chi connectivity index (χ1n) is 6.85. The first kappa shape index (κ1) is 16.4. The van der Waals surface area contributed by atoms with Crippen molar-refractivity contribution in [3.8, 4) is 5.75 Å². The number of benzene rings is 1. The van der Waals surface area contributed by atoms with Crippen LogP contribution in [-0.4, -0.2) is 40.7 Å². The number of rotatable bonds is 4. The number of hydrogen-bond acceptors (Lipinski definition) is 3. The van der Waals surface area contributed by atoms with Crippen molar-refractivity contribution >= 4 is 29.1 Å². The van der Waals surface area contributed by atoms with Gasteiger partial charge in [-0.2, -0.15) is 0 Å². The van der Waals surface area contributed by atoms with Crippen LogP contribution in [0.2, 0.25) is 10.0 Å². The van der Waals surface area contributed by atoms with Crippen molar-refractivity contribution in [1.29, 1.82) is 0 Å². The molecule has 21 heavy (non-hydrogen) atoms. The third-order valence-electron chi connectivity index (χ3n) is 3.81. The SMILES string of the molecule is CC(Oc1cc(Cl)cc(Cl)c1)C(=O)N1CC(O)(C(C)C)C1. The van der Waals surface area contributed by atoms with Gasteiger partial charge in [-0.3, -0.25) is 4.79 Å². The Hall–Kier alpha value is -0.970. The highest BCUT2D eigenvalue weighted by molar-refractivity contribution is 6.34. The molecule has 1 unspecified atom stereocenters. The molecule has 2 rings (SSSR count). The lowest BCUT2D eigenvalue weighted by Gasteiger charge is -2.49. The van der Waals surface area contributed by atoms with Gasteiger partial charge in [-0.05, 0) is 31.0 Å². The Morgan fingerprint density at radius 1 is 1.24 bits per heavy atom. The van der Waals surface area contributed by atoms with Gasteiger partial charge in [-0.25, -0.2) is 0 Å². The topological polar surface area (TPSA) is 49.8 Å². The number of carbonyl (C=O) groups excluding carboxylic acids is 1. The van der Waals surface area contributed by atoms with Crippen LogP contribution < -0.4 is 4.74 Å². The fourth-order valence-electron chi connectivity index (χ4n) is 2.24.